The smallest absolute Gasteiger partial charge is 0.0991 e. The minimum Gasteiger partial charge on any atom is -0.381 e. The Morgan fingerprint density at radius 1 is 1.41 bits per heavy atom. The van der Waals surface area contributed by atoms with Crippen LogP contribution in [-0.2, 0) is 6.54 Å². The van der Waals surface area contributed by atoms with E-state index in [4.69, 9.17) is 5.26 Å². The van der Waals surface area contributed by atoms with E-state index >= 15 is 0 Å². The molecule has 0 radical (unpaired) electrons. The van der Waals surface area contributed by atoms with E-state index in [1.165, 1.54) is 0 Å². The van der Waals surface area contributed by atoms with Gasteiger partial charge in [-0.25, -0.2) is 4.98 Å². The molecule has 86 valence electrons. The van der Waals surface area contributed by atoms with Gasteiger partial charge in [-0.2, -0.15) is 5.26 Å². The van der Waals surface area contributed by atoms with Gasteiger partial charge in [-0.1, -0.05) is 0 Å². The van der Waals surface area contributed by atoms with E-state index in [-0.39, 0.29) is 0 Å². The molecule has 1 unspecified atom stereocenters. The molecule has 2 aromatic rings. The average molecular weight is 226 g/mol. The summed E-state index contributed by atoms with van der Waals surface area (Å²) in [5.74, 6) is 0. The molecule has 0 bridgehead atoms. The van der Waals surface area contributed by atoms with Gasteiger partial charge in [0.15, 0.2) is 0 Å². The zero-order chi connectivity index (χ0) is 12.1. The molecular formula is C13H14N4. The molecule has 4 heteroatoms. The highest BCUT2D eigenvalue weighted by molar-refractivity contribution is 5.47. The number of benzene rings is 1. The van der Waals surface area contributed by atoms with E-state index < -0.39 is 0 Å². The molecule has 1 N–H and O–H groups in total. The summed E-state index contributed by atoms with van der Waals surface area (Å²) in [5, 5.41) is 12.1. The second-order valence-corrected chi connectivity index (χ2v) is 3.99. The first kappa shape index (κ1) is 11.2. The second kappa shape index (κ2) is 5.17. The van der Waals surface area contributed by atoms with Crippen molar-refractivity contribution in [1.29, 1.82) is 5.26 Å². The number of imidazole rings is 1. The summed E-state index contributed by atoms with van der Waals surface area (Å²) >= 11 is 0. The van der Waals surface area contributed by atoms with Crippen LogP contribution in [0.5, 0.6) is 0 Å². The zero-order valence-electron chi connectivity index (χ0n) is 9.67. The number of nitrogens with one attached hydrogen (secondary N) is 1. The molecule has 0 fully saturated rings. The first-order chi connectivity index (χ1) is 8.28. The lowest BCUT2D eigenvalue weighted by Crippen LogP contribution is -2.21. The van der Waals surface area contributed by atoms with Gasteiger partial charge in [0.05, 0.1) is 18.0 Å². The number of aromatic nitrogens is 2. The molecule has 0 aliphatic heterocycles. The van der Waals surface area contributed by atoms with Crippen LogP contribution >= 0.6 is 0 Å². The van der Waals surface area contributed by atoms with Gasteiger partial charge in [0.2, 0.25) is 0 Å². The molecule has 0 aliphatic rings. The van der Waals surface area contributed by atoms with Crippen LogP contribution in [0.15, 0.2) is 43.0 Å². The van der Waals surface area contributed by atoms with Crippen molar-refractivity contribution >= 4 is 5.69 Å². The molecule has 0 aliphatic carbocycles. The van der Waals surface area contributed by atoms with Gasteiger partial charge in [-0.15, -0.1) is 0 Å². The predicted molar refractivity (Wildman–Crippen MR) is 66.5 cm³/mol. The van der Waals surface area contributed by atoms with Gasteiger partial charge in [-0.05, 0) is 31.2 Å². The van der Waals surface area contributed by atoms with Crippen LogP contribution in [-0.4, -0.2) is 15.6 Å². The van der Waals surface area contributed by atoms with Crippen LogP contribution in [0, 0.1) is 11.3 Å². The Morgan fingerprint density at radius 2 is 2.18 bits per heavy atom. The third-order valence-electron chi connectivity index (χ3n) is 2.47. The minimum atomic E-state index is 0.303. The zero-order valence-corrected chi connectivity index (χ0v) is 9.67. The Labute approximate surface area is 101 Å². The summed E-state index contributed by atoms with van der Waals surface area (Å²) in [6.45, 7) is 2.97. The maximum absolute atomic E-state index is 8.70. The lowest BCUT2D eigenvalue weighted by Gasteiger charge is -2.15. The summed E-state index contributed by atoms with van der Waals surface area (Å²) < 4.78 is 2.03. The van der Waals surface area contributed by atoms with Crippen molar-refractivity contribution in [3.63, 3.8) is 0 Å². The molecule has 0 saturated heterocycles. The first-order valence-electron chi connectivity index (χ1n) is 5.50. The standard InChI is InChI=1S/C13H14N4/c1-11(9-17-7-6-15-10-17)16-13-4-2-12(8-14)3-5-13/h2-7,10-11,16H,9H2,1H3. The largest absolute Gasteiger partial charge is 0.381 e. The molecule has 0 spiro atoms. The van der Waals surface area contributed by atoms with E-state index in [1.807, 2.05) is 35.0 Å². The molecule has 4 nitrogen and oxygen atoms in total. The Kier molecular flexibility index (Phi) is 3.41. The topological polar surface area (TPSA) is 53.6 Å². The van der Waals surface area contributed by atoms with Crippen LogP contribution in [0.25, 0.3) is 0 Å². The van der Waals surface area contributed by atoms with Crippen LogP contribution < -0.4 is 5.32 Å². The number of hydrogen-bond acceptors (Lipinski definition) is 3. The maximum Gasteiger partial charge on any atom is 0.0991 e. The van der Waals surface area contributed by atoms with E-state index in [0.29, 0.717) is 11.6 Å². The molecular weight excluding hydrogens is 212 g/mol. The first-order valence-corrected chi connectivity index (χ1v) is 5.50. The summed E-state index contributed by atoms with van der Waals surface area (Å²) in [4.78, 5) is 4.00. The second-order valence-electron chi connectivity index (χ2n) is 3.99. The van der Waals surface area contributed by atoms with Crippen molar-refractivity contribution in [2.45, 2.75) is 19.5 Å². The monoisotopic (exact) mass is 226 g/mol. The summed E-state index contributed by atoms with van der Waals surface area (Å²) in [6, 6.07) is 9.87. The number of nitriles is 1. The van der Waals surface area contributed by atoms with Gasteiger partial charge >= 0.3 is 0 Å². The van der Waals surface area contributed by atoms with Gasteiger partial charge in [0.1, 0.15) is 0 Å². The van der Waals surface area contributed by atoms with Crippen LogP contribution in [0.2, 0.25) is 0 Å². The van der Waals surface area contributed by atoms with Crippen LogP contribution in [0.3, 0.4) is 0 Å². The lowest BCUT2D eigenvalue weighted by atomic mass is 10.2. The summed E-state index contributed by atoms with van der Waals surface area (Å²) in [5.41, 5.74) is 1.70. The van der Waals surface area contributed by atoms with Gasteiger partial charge < -0.3 is 9.88 Å². The van der Waals surface area contributed by atoms with E-state index in [2.05, 4.69) is 23.3 Å². The third-order valence-corrected chi connectivity index (χ3v) is 2.47. The molecule has 1 aromatic heterocycles. The SMILES string of the molecule is CC(Cn1ccnc1)Nc1ccc(C#N)cc1. The third kappa shape index (κ3) is 3.08. The highest BCUT2D eigenvalue weighted by atomic mass is 15.1. The number of anilines is 1. The number of rotatable bonds is 4. The van der Waals surface area contributed by atoms with E-state index in [1.54, 1.807) is 12.5 Å². The van der Waals surface area contributed by atoms with E-state index in [9.17, 15) is 0 Å². The quantitative estimate of drug-likeness (QED) is 0.870. The fourth-order valence-electron chi connectivity index (χ4n) is 1.68. The number of nitrogens with zero attached hydrogens (tertiary/aromatic N) is 3. The van der Waals surface area contributed by atoms with Crippen LogP contribution in [0.4, 0.5) is 5.69 Å². The highest BCUT2D eigenvalue weighted by Gasteiger charge is 2.02. The lowest BCUT2D eigenvalue weighted by molar-refractivity contribution is 0.619. The van der Waals surface area contributed by atoms with Crippen molar-refractivity contribution in [2.24, 2.45) is 0 Å². The van der Waals surface area contributed by atoms with Crippen molar-refractivity contribution in [2.75, 3.05) is 5.32 Å². The summed E-state index contributed by atoms with van der Waals surface area (Å²) in [6.07, 6.45) is 5.52. The Bertz CT molecular complexity index is 493. The molecule has 17 heavy (non-hydrogen) atoms. The van der Waals surface area contributed by atoms with Gasteiger partial charge in [-0.3, -0.25) is 0 Å². The molecule has 1 heterocycles. The molecule has 0 saturated carbocycles. The molecule has 1 aromatic carbocycles. The van der Waals surface area contributed by atoms with Crippen LogP contribution in [0.1, 0.15) is 12.5 Å². The predicted octanol–water partition coefficient (Wildman–Crippen LogP) is 2.26. The van der Waals surface area contributed by atoms with Gasteiger partial charge in [0, 0.05) is 30.7 Å². The summed E-state index contributed by atoms with van der Waals surface area (Å²) in [7, 11) is 0. The Hall–Kier alpha value is -2.28. The Morgan fingerprint density at radius 3 is 2.76 bits per heavy atom. The van der Waals surface area contributed by atoms with Gasteiger partial charge in [0.25, 0.3) is 0 Å². The fourth-order valence-corrected chi connectivity index (χ4v) is 1.68. The van der Waals surface area contributed by atoms with E-state index in [0.717, 1.165) is 12.2 Å². The molecule has 0 amide bonds. The molecule has 1 atom stereocenters. The molecule has 2 rings (SSSR count). The Balaban J connectivity index is 1.94. The fraction of sp³-hybridized carbons (Fsp3) is 0.231. The highest BCUT2D eigenvalue weighted by Crippen LogP contribution is 2.10. The van der Waals surface area contributed by atoms with Crippen molar-refractivity contribution in [3.8, 4) is 6.07 Å². The minimum absolute atomic E-state index is 0.303. The average Bonchev–Trinajstić information content (AvgIpc) is 2.82. The van der Waals surface area contributed by atoms with Crippen molar-refractivity contribution in [1.82, 2.24) is 9.55 Å². The van der Waals surface area contributed by atoms with Crippen molar-refractivity contribution < 1.29 is 0 Å². The normalized spacial score (nSPS) is 11.8. The number of hydrogen-bond donors (Lipinski definition) is 1. The maximum atomic E-state index is 8.70. The van der Waals surface area contributed by atoms with Crippen molar-refractivity contribution in [3.05, 3.63) is 48.5 Å².